The third-order valence-corrected chi connectivity index (χ3v) is 3.81. The van der Waals surface area contributed by atoms with Crippen molar-refractivity contribution in [2.75, 3.05) is 44.2 Å². The van der Waals surface area contributed by atoms with Crippen LogP contribution in [-0.2, 0) is 0 Å². The molecule has 100 valence electrons. The summed E-state index contributed by atoms with van der Waals surface area (Å²) in [6.07, 6.45) is 4.21. The van der Waals surface area contributed by atoms with Gasteiger partial charge in [-0.05, 0) is 54.0 Å². The van der Waals surface area contributed by atoms with Gasteiger partial charge in [0.05, 0.1) is 0 Å². The van der Waals surface area contributed by atoms with Gasteiger partial charge in [0.2, 0.25) is 0 Å². The first-order chi connectivity index (χ1) is 8.79. The quantitative estimate of drug-likeness (QED) is 0.841. The van der Waals surface area contributed by atoms with Crippen molar-refractivity contribution in [2.45, 2.75) is 12.8 Å². The highest BCUT2D eigenvalue weighted by Crippen LogP contribution is 2.16. The van der Waals surface area contributed by atoms with Crippen LogP contribution in [0.5, 0.6) is 0 Å². The molecule has 2 rings (SSSR count). The summed E-state index contributed by atoms with van der Waals surface area (Å²) in [5.74, 6) is 1.08. The molecule has 0 radical (unpaired) electrons. The minimum absolute atomic E-state index is 0.808. The van der Waals surface area contributed by atoms with E-state index in [1.54, 1.807) is 0 Å². The molecular formula is C13H21BrN4. The molecule has 1 aromatic heterocycles. The number of pyridine rings is 1. The van der Waals surface area contributed by atoms with Gasteiger partial charge in [-0.2, -0.15) is 0 Å². The molecule has 1 fully saturated rings. The summed E-state index contributed by atoms with van der Waals surface area (Å²) in [7, 11) is 0. The SMILES string of the molecule is NCCCCN1CCN(c2ccc(Br)cn2)CC1. The van der Waals surface area contributed by atoms with Crippen LogP contribution < -0.4 is 10.6 Å². The molecule has 5 heteroatoms. The van der Waals surface area contributed by atoms with E-state index in [1.807, 2.05) is 6.20 Å². The molecule has 1 aliphatic heterocycles. The van der Waals surface area contributed by atoms with Crippen LogP contribution in [0.25, 0.3) is 0 Å². The Morgan fingerprint density at radius 1 is 1.17 bits per heavy atom. The molecule has 1 aromatic rings. The van der Waals surface area contributed by atoms with Crippen LogP contribution in [-0.4, -0.2) is 49.2 Å². The fourth-order valence-electron chi connectivity index (χ4n) is 2.24. The van der Waals surface area contributed by atoms with Crippen molar-refractivity contribution in [3.05, 3.63) is 22.8 Å². The predicted octanol–water partition coefficient (Wildman–Crippen LogP) is 1.71. The van der Waals surface area contributed by atoms with E-state index in [2.05, 4.69) is 42.8 Å². The van der Waals surface area contributed by atoms with Crippen molar-refractivity contribution in [1.82, 2.24) is 9.88 Å². The first kappa shape index (κ1) is 13.8. The van der Waals surface area contributed by atoms with E-state index < -0.39 is 0 Å². The van der Waals surface area contributed by atoms with E-state index in [9.17, 15) is 0 Å². The van der Waals surface area contributed by atoms with Crippen molar-refractivity contribution in [3.8, 4) is 0 Å². The molecule has 18 heavy (non-hydrogen) atoms. The number of nitrogens with two attached hydrogens (primary N) is 1. The van der Waals surface area contributed by atoms with Gasteiger partial charge in [-0.25, -0.2) is 4.98 Å². The number of aromatic nitrogens is 1. The van der Waals surface area contributed by atoms with Gasteiger partial charge in [0.1, 0.15) is 5.82 Å². The topological polar surface area (TPSA) is 45.4 Å². The predicted molar refractivity (Wildman–Crippen MR) is 78.9 cm³/mol. The maximum atomic E-state index is 5.52. The molecule has 2 N–H and O–H groups in total. The fraction of sp³-hybridized carbons (Fsp3) is 0.615. The van der Waals surface area contributed by atoms with Gasteiger partial charge in [0, 0.05) is 36.8 Å². The highest BCUT2D eigenvalue weighted by Gasteiger charge is 2.17. The Labute approximate surface area is 117 Å². The van der Waals surface area contributed by atoms with Crippen molar-refractivity contribution in [3.63, 3.8) is 0 Å². The summed E-state index contributed by atoms with van der Waals surface area (Å²) in [6, 6.07) is 4.13. The monoisotopic (exact) mass is 312 g/mol. The van der Waals surface area contributed by atoms with E-state index in [4.69, 9.17) is 5.73 Å². The number of nitrogens with zero attached hydrogens (tertiary/aromatic N) is 3. The van der Waals surface area contributed by atoms with Crippen LogP contribution in [0.3, 0.4) is 0 Å². The minimum atomic E-state index is 0.808. The van der Waals surface area contributed by atoms with E-state index in [1.165, 1.54) is 13.0 Å². The lowest BCUT2D eigenvalue weighted by atomic mass is 10.2. The zero-order valence-electron chi connectivity index (χ0n) is 10.7. The third kappa shape index (κ3) is 3.93. The number of piperazine rings is 1. The first-order valence-electron chi connectivity index (χ1n) is 6.58. The summed E-state index contributed by atoms with van der Waals surface area (Å²) >= 11 is 3.41. The zero-order chi connectivity index (χ0) is 12.8. The van der Waals surface area contributed by atoms with E-state index in [0.29, 0.717) is 0 Å². The number of hydrogen-bond donors (Lipinski definition) is 1. The van der Waals surface area contributed by atoms with Crippen molar-refractivity contribution in [1.29, 1.82) is 0 Å². The minimum Gasteiger partial charge on any atom is -0.354 e. The Kier molecular flexibility index (Phi) is 5.41. The van der Waals surface area contributed by atoms with Crippen LogP contribution >= 0.6 is 15.9 Å². The van der Waals surface area contributed by atoms with Gasteiger partial charge in [0.15, 0.2) is 0 Å². The van der Waals surface area contributed by atoms with Gasteiger partial charge in [-0.1, -0.05) is 0 Å². The molecule has 0 unspecified atom stereocenters. The Morgan fingerprint density at radius 2 is 1.94 bits per heavy atom. The normalized spacial score (nSPS) is 17.1. The summed E-state index contributed by atoms with van der Waals surface area (Å²) in [6.45, 7) is 6.38. The lowest BCUT2D eigenvalue weighted by Gasteiger charge is -2.35. The second-order valence-electron chi connectivity index (χ2n) is 4.66. The first-order valence-corrected chi connectivity index (χ1v) is 7.38. The number of halogens is 1. The second kappa shape index (κ2) is 7.07. The number of unbranched alkanes of at least 4 members (excludes halogenated alkanes) is 1. The molecule has 0 spiro atoms. The Bertz CT molecular complexity index is 347. The highest BCUT2D eigenvalue weighted by atomic mass is 79.9. The maximum Gasteiger partial charge on any atom is 0.128 e. The van der Waals surface area contributed by atoms with Crippen molar-refractivity contribution < 1.29 is 0 Å². The summed E-state index contributed by atoms with van der Waals surface area (Å²) < 4.78 is 1.03. The van der Waals surface area contributed by atoms with Gasteiger partial charge < -0.3 is 10.6 Å². The van der Waals surface area contributed by atoms with Crippen molar-refractivity contribution in [2.24, 2.45) is 5.73 Å². The number of anilines is 1. The van der Waals surface area contributed by atoms with Crippen LogP contribution in [0.15, 0.2) is 22.8 Å². The summed E-state index contributed by atoms with van der Waals surface area (Å²) in [4.78, 5) is 9.32. The zero-order valence-corrected chi connectivity index (χ0v) is 12.3. The standard InChI is InChI=1S/C13H21BrN4/c14-12-3-4-13(16-11-12)18-9-7-17(8-10-18)6-2-1-5-15/h3-4,11H,1-2,5-10,15H2. The molecule has 4 nitrogen and oxygen atoms in total. The summed E-state index contributed by atoms with van der Waals surface area (Å²) in [5.41, 5.74) is 5.52. The van der Waals surface area contributed by atoms with Crippen LogP contribution in [0.4, 0.5) is 5.82 Å². The molecule has 0 aromatic carbocycles. The molecule has 0 saturated carbocycles. The molecule has 0 atom stereocenters. The van der Waals surface area contributed by atoms with Gasteiger partial charge in [-0.3, -0.25) is 4.90 Å². The van der Waals surface area contributed by atoms with Gasteiger partial charge in [-0.15, -0.1) is 0 Å². The van der Waals surface area contributed by atoms with E-state index >= 15 is 0 Å². The average Bonchev–Trinajstić information content (AvgIpc) is 2.41. The Morgan fingerprint density at radius 3 is 2.56 bits per heavy atom. The lowest BCUT2D eigenvalue weighted by molar-refractivity contribution is 0.253. The molecule has 0 amide bonds. The molecule has 1 saturated heterocycles. The second-order valence-corrected chi connectivity index (χ2v) is 5.57. The largest absolute Gasteiger partial charge is 0.354 e. The molecular weight excluding hydrogens is 292 g/mol. The molecule has 0 aliphatic carbocycles. The Balaban J connectivity index is 1.77. The third-order valence-electron chi connectivity index (χ3n) is 3.34. The lowest BCUT2D eigenvalue weighted by Crippen LogP contribution is -2.46. The van der Waals surface area contributed by atoms with Crippen LogP contribution in [0.1, 0.15) is 12.8 Å². The van der Waals surface area contributed by atoms with Crippen LogP contribution in [0, 0.1) is 0 Å². The molecule has 1 aliphatic rings. The fourth-order valence-corrected chi connectivity index (χ4v) is 2.47. The maximum absolute atomic E-state index is 5.52. The van der Waals surface area contributed by atoms with Gasteiger partial charge >= 0.3 is 0 Å². The Hall–Kier alpha value is -0.650. The summed E-state index contributed by atoms with van der Waals surface area (Å²) in [5, 5.41) is 0. The van der Waals surface area contributed by atoms with Crippen LogP contribution in [0.2, 0.25) is 0 Å². The van der Waals surface area contributed by atoms with E-state index in [-0.39, 0.29) is 0 Å². The van der Waals surface area contributed by atoms with Crippen molar-refractivity contribution >= 4 is 21.7 Å². The molecule has 0 bridgehead atoms. The number of hydrogen-bond acceptors (Lipinski definition) is 4. The van der Waals surface area contributed by atoms with Gasteiger partial charge in [0.25, 0.3) is 0 Å². The smallest absolute Gasteiger partial charge is 0.128 e. The number of rotatable bonds is 5. The highest BCUT2D eigenvalue weighted by molar-refractivity contribution is 9.10. The molecule has 2 heterocycles. The average molecular weight is 313 g/mol. The van der Waals surface area contributed by atoms with E-state index in [0.717, 1.165) is 49.4 Å².